The molecular weight excluding hydrogens is 715 g/mol. The second-order valence-electron chi connectivity index (χ2n) is 11.9. The molecule has 3 aromatic carbocycles. The van der Waals surface area contributed by atoms with Gasteiger partial charge < -0.3 is 4.74 Å². The largest absolute Gasteiger partial charge is 0.454 e. The normalized spacial score (nSPS) is 21.6. The van der Waals surface area contributed by atoms with Crippen molar-refractivity contribution in [2.45, 2.75) is 20.3 Å². The lowest BCUT2D eigenvalue weighted by Crippen LogP contribution is -2.32. The van der Waals surface area contributed by atoms with Gasteiger partial charge in [0.1, 0.15) is 0 Å². The molecule has 11 heteroatoms. The van der Waals surface area contributed by atoms with E-state index in [0.717, 1.165) is 6.42 Å². The van der Waals surface area contributed by atoms with Crippen molar-refractivity contribution in [1.82, 2.24) is 4.98 Å². The van der Waals surface area contributed by atoms with Crippen LogP contribution in [0, 0.1) is 30.6 Å². The monoisotopic (exact) mass is 736 g/mol. The smallest absolute Gasteiger partial charge is 0.339 e. The lowest BCUT2D eigenvalue weighted by molar-refractivity contribution is -0.123. The number of amides is 2. The molecule has 7 rings (SSSR count). The van der Waals surface area contributed by atoms with E-state index in [1.165, 1.54) is 28.7 Å². The van der Waals surface area contributed by atoms with Crippen LogP contribution < -0.4 is 4.90 Å². The van der Waals surface area contributed by atoms with Crippen molar-refractivity contribution in [3.63, 3.8) is 0 Å². The zero-order valence-corrected chi connectivity index (χ0v) is 28.3. The molecule has 232 valence electrons. The number of rotatable bonds is 6. The Morgan fingerprint density at radius 2 is 1.67 bits per heavy atom. The molecule has 46 heavy (non-hydrogen) atoms. The number of fused-ring (bicyclic) bond motifs is 6. The summed E-state index contributed by atoms with van der Waals surface area (Å²) in [6, 6.07) is 14.7. The van der Waals surface area contributed by atoms with E-state index in [9.17, 15) is 19.2 Å². The lowest BCUT2D eigenvalue weighted by atomic mass is 9.82. The number of Topliss-reactive ketones (excluding diaryl/α,β-unsaturated/α-hetero) is 1. The summed E-state index contributed by atoms with van der Waals surface area (Å²) in [5.41, 5.74) is 4.24. The van der Waals surface area contributed by atoms with Gasteiger partial charge in [-0.15, -0.1) is 0 Å². The lowest BCUT2D eigenvalue weighted by Gasteiger charge is -2.19. The molecule has 1 aliphatic heterocycles. The number of nitrogens with zero attached hydrogens (tertiary/aromatic N) is 2. The number of hydrogen-bond acceptors (Lipinski definition) is 6. The molecule has 7 nitrogen and oxygen atoms in total. The molecule has 2 amide bonds. The molecule has 4 atom stereocenters. The minimum absolute atomic E-state index is 0.115. The standard InChI is InChI=1S/C35H24BrCl3N2O5/c1-15-9-18-10-22(15)30-29(18)33(43)41(34(30)44)20-6-3-17(4-7-20)27-13-24(23-12-25(36)31(39)16(2)32(23)40-27)35(45)46-14-28(42)21-8-5-19(37)11-26(21)38/h3-9,11-13,18,22,29-30H,10,14H2,1-2H3. The van der Waals surface area contributed by atoms with Gasteiger partial charge in [-0.3, -0.25) is 19.3 Å². The van der Waals surface area contributed by atoms with Crippen LogP contribution in [0.4, 0.5) is 5.69 Å². The molecule has 1 saturated heterocycles. The van der Waals surface area contributed by atoms with E-state index in [1.807, 2.05) is 6.92 Å². The Bertz CT molecular complexity index is 2060. The van der Waals surface area contributed by atoms with Crippen molar-refractivity contribution in [3.8, 4) is 11.3 Å². The Morgan fingerprint density at radius 1 is 0.957 bits per heavy atom. The van der Waals surface area contributed by atoms with Crippen LogP contribution in [0.2, 0.25) is 15.1 Å². The topological polar surface area (TPSA) is 93.6 Å². The van der Waals surface area contributed by atoms with E-state index < -0.39 is 18.4 Å². The van der Waals surface area contributed by atoms with Gasteiger partial charge in [-0.1, -0.05) is 58.6 Å². The van der Waals surface area contributed by atoms with Gasteiger partial charge in [-0.25, -0.2) is 9.78 Å². The summed E-state index contributed by atoms with van der Waals surface area (Å²) in [6.07, 6.45) is 3.01. The molecule has 4 unspecified atom stereocenters. The van der Waals surface area contributed by atoms with Gasteiger partial charge in [-0.05, 0) is 96.1 Å². The Kier molecular flexibility index (Phi) is 7.83. The molecule has 0 N–H and O–H groups in total. The number of aromatic nitrogens is 1. The average molecular weight is 739 g/mol. The second kappa shape index (κ2) is 11.6. The number of hydrogen-bond donors (Lipinski definition) is 0. The number of pyridine rings is 1. The summed E-state index contributed by atoms with van der Waals surface area (Å²) in [5, 5.41) is 1.45. The SMILES string of the molecule is CC1=CC2CC1C1C(=O)N(c3ccc(-c4cc(C(=O)OCC(=O)c5ccc(Cl)cc5Cl)c5cc(Br)c(Cl)c(C)c5n4)cc3)C(=O)C21. The number of carbonyl (C=O) groups excluding carboxylic acids is 4. The van der Waals surface area contributed by atoms with Gasteiger partial charge >= 0.3 is 5.97 Å². The number of allylic oxidation sites excluding steroid dienone is 2. The van der Waals surface area contributed by atoms with Gasteiger partial charge in [0, 0.05) is 26.0 Å². The van der Waals surface area contributed by atoms with Gasteiger partial charge in [0.25, 0.3) is 0 Å². The van der Waals surface area contributed by atoms with Crippen molar-refractivity contribution in [3.05, 3.63) is 102 Å². The van der Waals surface area contributed by atoms with E-state index in [0.29, 0.717) is 47.9 Å². The molecule has 0 radical (unpaired) electrons. The number of esters is 1. The molecular formula is C35H24BrCl3N2O5. The Labute approximate surface area is 287 Å². The van der Waals surface area contributed by atoms with Crippen LogP contribution in [-0.2, 0) is 14.3 Å². The van der Waals surface area contributed by atoms with Crippen LogP contribution in [-0.4, -0.2) is 35.2 Å². The van der Waals surface area contributed by atoms with E-state index in [-0.39, 0.29) is 51.6 Å². The zero-order valence-electron chi connectivity index (χ0n) is 24.4. The maximum absolute atomic E-state index is 13.5. The summed E-state index contributed by atoms with van der Waals surface area (Å²) in [5.74, 6) is -1.89. The first-order valence-corrected chi connectivity index (χ1v) is 16.5. The fraction of sp³-hybridized carbons (Fsp3) is 0.229. The number of ether oxygens (including phenoxy) is 1. The average Bonchev–Trinajstić information content (AvgIpc) is 3.67. The van der Waals surface area contributed by atoms with E-state index >= 15 is 0 Å². The van der Waals surface area contributed by atoms with Crippen molar-refractivity contribution in [2.75, 3.05) is 11.5 Å². The summed E-state index contributed by atoms with van der Waals surface area (Å²) in [4.78, 5) is 59.3. The zero-order chi connectivity index (χ0) is 32.6. The Balaban J connectivity index is 1.20. The van der Waals surface area contributed by atoms with Crippen molar-refractivity contribution < 1.29 is 23.9 Å². The fourth-order valence-corrected chi connectivity index (χ4v) is 8.27. The minimum Gasteiger partial charge on any atom is -0.454 e. The van der Waals surface area contributed by atoms with E-state index in [2.05, 4.69) is 22.0 Å². The Hall–Kier alpha value is -3.56. The van der Waals surface area contributed by atoms with Crippen LogP contribution in [0.3, 0.4) is 0 Å². The number of imide groups is 1. The Morgan fingerprint density at radius 3 is 2.39 bits per heavy atom. The molecule has 0 spiro atoms. The first-order valence-electron chi connectivity index (χ1n) is 14.6. The predicted octanol–water partition coefficient (Wildman–Crippen LogP) is 8.67. The molecule has 4 aromatic rings. The summed E-state index contributed by atoms with van der Waals surface area (Å²) < 4.78 is 6.04. The van der Waals surface area contributed by atoms with Gasteiger partial charge in [-0.2, -0.15) is 0 Å². The third-order valence-corrected chi connectivity index (χ3v) is 11.2. The molecule has 2 bridgehead atoms. The van der Waals surface area contributed by atoms with Crippen molar-refractivity contribution >= 4 is 90.9 Å². The van der Waals surface area contributed by atoms with Crippen LogP contribution in [0.5, 0.6) is 0 Å². The molecule has 2 heterocycles. The summed E-state index contributed by atoms with van der Waals surface area (Å²) in [7, 11) is 0. The number of carbonyl (C=O) groups is 4. The quantitative estimate of drug-likeness (QED) is 0.0851. The van der Waals surface area contributed by atoms with Crippen LogP contribution >= 0.6 is 50.7 Å². The van der Waals surface area contributed by atoms with E-state index in [1.54, 1.807) is 43.3 Å². The first-order chi connectivity index (χ1) is 21.9. The molecule has 1 aromatic heterocycles. The molecule has 2 aliphatic carbocycles. The predicted molar refractivity (Wildman–Crippen MR) is 181 cm³/mol. The fourth-order valence-electron chi connectivity index (χ4n) is 7.09. The maximum atomic E-state index is 13.5. The number of halogens is 4. The number of aryl methyl sites for hydroxylation is 1. The van der Waals surface area contributed by atoms with E-state index in [4.69, 9.17) is 44.5 Å². The number of anilines is 1. The molecule has 1 saturated carbocycles. The van der Waals surface area contributed by atoms with Gasteiger partial charge in [0.05, 0.1) is 44.3 Å². The van der Waals surface area contributed by atoms with Gasteiger partial charge in [0.15, 0.2) is 6.61 Å². The second-order valence-corrected chi connectivity index (χ2v) is 14.0. The highest BCUT2D eigenvalue weighted by atomic mass is 79.9. The van der Waals surface area contributed by atoms with Crippen molar-refractivity contribution in [2.24, 2.45) is 23.7 Å². The highest BCUT2D eigenvalue weighted by molar-refractivity contribution is 9.10. The molecule has 2 fully saturated rings. The van der Waals surface area contributed by atoms with Crippen molar-refractivity contribution in [1.29, 1.82) is 0 Å². The third-order valence-electron chi connectivity index (χ3n) is 9.31. The van der Waals surface area contributed by atoms with Crippen LogP contribution in [0.25, 0.3) is 22.2 Å². The highest BCUT2D eigenvalue weighted by Gasteiger charge is 2.60. The van der Waals surface area contributed by atoms with Crippen LogP contribution in [0.1, 0.15) is 39.6 Å². The minimum atomic E-state index is -0.740. The number of benzene rings is 3. The van der Waals surface area contributed by atoms with Crippen LogP contribution in [0.15, 0.2) is 70.7 Å². The maximum Gasteiger partial charge on any atom is 0.339 e. The third kappa shape index (κ3) is 4.98. The summed E-state index contributed by atoms with van der Waals surface area (Å²) in [6.45, 7) is 3.29. The molecule has 3 aliphatic rings. The first kappa shape index (κ1) is 31.1. The summed E-state index contributed by atoms with van der Waals surface area (Å²) >= 11 is 22.1. The highest BCUT2D eigenvalue weighted by Crippen LogP contribution is 2.56. The number of ketones is 1. The van der Waals surface area contributed by atoms with Gasteiger partial charge in [0.2, 0.25) is 17.6 Å².